The number of aromatic nitrogens is 2. The maximum atomic E-state index is 13.3. The second-order valence-electron chi connectivity index (χ2n) is 15.2. The highest BCUT2D eigenvalue weighted by Crippen LogP contribution is 2.55. The molecule has 3 aromatic rings. The summed E-state index contributed by atoms with van der Waals surface area (Å²) in [5, 5.41) is 23.5. The quantitative estimate of drug-likeness (QED) is 0.324. The van der Waals surface area contributed by atoms with Gasteiger partial charge in [-0.2, -0.15) is 5.26 Å². The molecule has 2 aromatic carbocycles. The van der Waals surface area contributed by atoms with Crippen molar-refractivity contribution in [3.63, 3.8) is 0 Å². The van der Waals surface area contributed by atoms with Crippen LogP contribution in [0.3, 0.4) is 0 Å². The second-order valence-corrected chi connectivity index (χ2v) is 15.6. The minimum Gasteiger partial charge on any atom is -0.489 e. The predicted molar refractivity (Wildman–Crippen MR) is 192 cm³/mol. The van der Waals surface area contributed by atoms with Gasteiger partial charge in [0.05, 0.1) is 21.7 Å². The predicted octanol–water partition coefficient (Wildman–Crippen LogP) is 3.34. The number of hydrogen-bond acceptors (Lipinski definition) is 11. The lowest BCUT2D eigenvalue weighted by Gasteiger charge is -2.63. The van der Waals surface area contributed by atoms with E-state index in [1.165, 1.54) is 0 Å². The van der Waals surface area contributed by atoms with Gasteiger partial charge in [0.25, 0.3) is 17.7 Å². The first-order chi connectivity index (χ1) is 25.2. The number of rotatable bonds is 8. The van der Waals surface area contributed by atoms with Crippen LogP contribution in [0, 0.1) is 22.2 Å². The Bertz CT molecular complexity index is 2060. The molecule has 4 heterocycles. The highest BCUT2D eigenvalue weighted by molar-refractivity contribution is 6.31. The number of ether oxygens (including phenoxy) is 1. The van der Waals surface area contributed by atoms with Crippen LogP contribution in [0.5, 0.6) is 5.75 Å². The molecule has 0 bridgehead atoms. The Morgan fingerprint density at radius 3 is 2.32 bits per heavy atom. The molecule has 0 radical (unpaired) electrons. The van der Waals surface area contributed by atoms with E-state index in [4.69, 9.17) is 16.3 Å². The van der Waals surface area contributed by atoms with E-state index in [2.05, 4.69) is 30.6 Å². The average Bonchev–Trinajstić information content (AvgIpc) is 3.37. The molecular formula is C38H39ClN8O6. The van der Waals surface area contributed by atoms with Crippen LogP contribution >= 0.6 is 11.6 Å². The Morgan fingerprint density at radius 1 is 0.962 bits per heavy atom. The van der Waals surface area contributed by atoms with Crippen molar-refractivity contribution in [1.29, 1.82) is 5.26 Å². The molecule has 15 heteroatoms. The fourth-order valence-electron chi connectivity index (χ4n) is 8.43. The fourth-order valence-corrected chi connectivity index (χ4v) is 8.64. The number of carbonyl (C=O) groups excluding carboxylic acids is 5. The Labute approximate surface area is 311 Å². The molecule has 274 valence electrons. The first kappa shape index (κ1) is 36.0. The molecule has 1 aromatic heterocycles. The normalized spacial score (nSPS) is 23.5. The zero-order valence-electron chi connectivity index (χ0n) is 29.8. The van der Waals surface area contributed by atoms with E-state index in [-0.39, 0.29) is 47.7 Å². The van der Waals surface area contributed by atoms with Gasteiger partial charge in [-0.05, 0) is 48.4 Å². The number of carbonyl (C=O) groups is 5. The number of amides is 5. The third-order valence-corrected chi connectivity index (χ3v) is 11.2. The van der Waals surface area contributed by atoms with Crippen molar-refractivity contribution >= 4 is 47.0 Å². The van der Waals surface area contributed by atoms with Gasteiger partial charge < -0.3 is 15.0 Å². The van der Waals surface area contributed by atoms with Crippen molar-refractivity contribution in [3.05, 3.63) is 81.5 Å². The number of nitrogens with one attached hydrogen (secondary N) is 2. The van der Waals surface area contributed by atoms with Crippen LogP contribution in [0.4, 0.5) is 5.82 Å². The number of anilines is 1. The zero-order chi connectivity index (χ0) is 37.8. The third kappa shape index (κ3) is 6.48. The Balaban J connectivity index is 0.919. The fraction of sp³-hybridized carbons (Fsp3) is 0.421. The second kappa shape index (κ2) is 13.5. The highest BCUT2D eigenvalue weighted by atomic mass is 35.5. The third-order valence-electron chi connectivity index (χ3n) is 10.9. The molecule has 3 fully saturated rings. The van der Waals surface area contributed by atoms with E-state index >= 15 is 0 Å². The van der Waals surface area contributed by atoms with Crippen LogP contribution < -0.4 is 20.3 Å². The number of imide groups is 2. The number of piperidine rings is 1. The lowest BCUT2D eigenvalue weighted by atomic mass is 9.49. The maximum absolute atomic E-state index is 13.3. The van der Waals surface area contributed by atoms with E-state index in [0.717, 1.165) is 10.5 Å². The van der Waals surface area contributed by atoms with E-state index in [1.54, 1.807) is 42.5 Å². The molecule has 1 unspecified atom stereocenters. The van der Waals surface area contributed by atoms with Gasteiger partial charge in [-0.3, -0.25) is 39.1 Å². The SMILES string of the molecule is CC1(C)C(NC(=O)c2ccc(N3CCN(Cc4ccc5c(c4)C(=O)N(C4CCC(=O)NC4=O)C5=O)CC3)nn2)C(C)(C)C1Oc1ccc(C#N)c(Cl)c1. The van der Waals surface area contributed by atoms with Crippen LogP contribution in [0.2, 0.25) is 5.02 Å². The minimum atomic E-state index is -0.999. The minimum absolute atomic E-state index is 0.0701. The van der Waals surface area contributed by atoms with Gasteiger partial charge in [-0.15, -0.1) is 10.2 Å². The zero-order valence-corrected chi connectivity index (χ0v) is 30.6. The van der Waals surface area contributed by atoms with Gasteiger partial charge in [0.1, 0.15) is 24.0 Å². The topological polar surface area (TPSA) is 178 Å². The molecule has 7 rings (SSSR count). The number of piperazine rings is 1. The molecule has 2 saturated heterocycles. The van der Waals surface area contributed by atoms with E-state index in [0.29, 0.717) is 54.9 Å². The van der Waals surface area contributed by atoms with Crippen molar-refractivity contribution in [2.45, 2.75) is 65.3 Å². The average molecular weight is 739 g/mol. The lowest BCUT2D eigenvalue weighted by Crippen LogP contribution is -2.74. The smallest absolute Gasteiger partial charge is 0.272 e. The number of fused-ring (bicyclic) bond motifs is 1. The van der Waals surface area contributed by atoms with E-state index in [9.17, 15) is 29.2 Å². The molecule has 3 aliphatic heterocycles. The van der Waals surface area contributed by atoms with Crippen molar-refractivity contribution in [2.24, 2.45) is 10.8 Å². The molecule has 14 nitrogen and oxygen atoms in total. The molecule has 1 aliphatic carbocycles. The monoisotopic (exact) mass is 738 g/mol. The van der Waals surface area contributed by atoms with Crippen molar-refractivity contribution < 1.29 is 28.7 Å². The standard InChI is InChI=1S/C38H39ClN8O6/c1-37(2)35(38(3,4)36(37)53-23-7-6-22(19-40)26(39)18-23)42-31(49)27-9-11-29(44-43-27)46-15-13-45(14-16-46)20-21-5-8-24-25(17-21)34(52)47(33(24)51)28-10-12-30(48)41-32(28)50/h5-9,11,17-18,28,35-36H,10,12-16,20H2,1-4H3,(H,42,49)(H,41,48,50). The Kier molecular flexibility index (Phi) is 9.20. The first-order valence-electron chi connectivity index (χ1n) is 17.5. The van der Waals surface area contributed by atoms with Gasteiger partial charge in [-0.25, -0.2) is 0 Å². The number of nitrogens with zero attached hydrogens (tertiary/aromatic N) is 6. The summed E-state index contributed by atoms with van der Waals surface area (Å²) >= 11 is 6.22. The van der Waals surface area contributed by atoms with Gasteiger partial charge in [0.2, 0.25) is 11.8 Å². The van der Waals surface area contributed by atoms with Crippen LogP contribution in [-0.2, 0) is 16.1 Å². The largest absolute Gasteiger partial charge is 0.489 e. The molecule has 2 N–H and O–H groups in total. The molecule has 1 saturated carbocycles. The number of hydrogen-bond donors (Lipinski definition) is 2. The van der Waals surface area contributed by atoms with Crippen LogP contribution in [0.1, 0.15) is 82.9 Å². The number of benzene rings is 2. The van der Waals surface area contributed by atoms with Gasteiger partial charge in [0, 0.05) is 62.1 Å². The molecule has 0 spiro atoms. The van der Waals surface area contributed by atoms with E-state index in [1.807, 2.05) is 39.8 Å². The molecule has 5 amide bonds. The summed E-state index contributed by atoms with van der Waals surface area (Å²) in [6, 6.07) is 14.5. The summed E-state index contributed by atoms with van der Waals surface area (Å²) in [5.41, 5.74) is 1.13. The Hall–Kier alpha value is -5.39. The summed E-state index contributed by atoms with van der Waals surface area (Å²) in [6.07, 6.45) is -0.0534. The van der Waals surface area contributed by atoms with E-state index < -0.39 is 40.5 Å². The number of halogens is 1. The summed E-state index contributed by atoms with van der Waals surface area (Å²) in [4.78, 5) is 68.9. The summed E-state index contributed by atoms with van der Waals surface area (Å²) in [7, 11) is 0. The first-order valence-corrected chi connectivity index (χ1v) is 17.9. The summed E-state index contributed by atoms with van der Waals surface area (Å²) in [5.74, 6) is -1.19. The van der Waals surface area contributed by atoms with Gasteiger partial charge >= 0.3 is 0 Å². The maximum Gasteiger partial charge on any atom is 0.272 e. The van der Waals surface area contributed by atoms with Crippen LogP contribution in [-0.4, -0.2) is 93.9 Å². The van der Waals surface area contributed by atoms with Gasteiger partial charge in [-0.1, -0.05) is 45.4 Å². The number of nitriles is 1. The highest BCUT2D eigenvalue weighted by Gasteiger charge is 2.64. The van der Waals surface area contributed by atoms with Crippen LogP contribution in [0.25, 0.3) is 0 Å². The van der Waals surface area contributed by atoms with Crippen molar-refractivity contribution in [2.75, 3.05) is 31.1 Å². The summed E-state index contributed by atoms with van der Waals surface area (Å²) < 4.78 is 6.33. The molecular weight excluding hydrogens is 700 g/mol. The van der Waals surface area contributed by atoms with Crippen LogP contribution in [0.15, 0.2) is 48.5 Å². The Morgan fingerprint density at radius 2 is 1.68 bits per heavy atom. The van der Waals surface area contributed by atoms with Crippen molar-refractivity contribution in [3.8, 4) is 11.8 Å². The molecule has 53 heavy (non-hydrogen) atoms. The molecule has 4 aliphatic rings. The van der Waals surface area contributed by atoms with Gasteiger partial charge in [0.15, 0.2) is 11.5 Å². The van der Waals surface area contributed by atoms with Crippen molar-refractivity contribution in [1.82, 2.24) is 30.6 Å². The lowest BCUT2D eigenvalue weighted by molar-refractivity contribution is -0.164. The summed E-state index contributed by atoms with van der Waals surface area (Å²) in [6.45, 7) is 11.5. The molecule has 1 atom stereocenters.